The Labute approximate surface area is 183 Å². The number of halogens is 1. The summed E-state index contributed by atoms with van der Waals surface area (Å²) in [5.41, 5.74) is 0.0596. The summed E-state index contributed by atoms with van der Waals surface area (Å²) >= 11 is 6.13. The second-order valence-corrected chi connectivity index (χ2v) is 10.2. The molecular formula is C21H20ClN3O5S. The standard InChI is InChI=1S/C21H20ClN3O5S/c22-15-6-7-17-18(10-15)25(12-19(26)23-16-8-9-31(29,30)13-16)21(28)20(27)24(17)11-14-4-2-1-3-5-14/h1-7,10,16H,8-9,11-13H2,(H,23,26). The van der Waals surface area contributed by atoms with E-state index in [4.69, 9.17) is 11.6 Å². The third kappa shape index (κ3) is 4.57. The molecule has 1 unspecified atom stereocenters. The van der Waals surface area contributed by atoms with Gasteiger partial charge in [-0.25, -0.2) is 8.42 Å². The largest absolute Gasteiger partial charge is 0.351 e. The van der Waals surface area contributed by atoms with Gasteiger partial charge >= 0.3 is 11.1 Å². The molecule has 1 fully saturated rings. The number of carbonyl (C=O) groups excluding carboxylic acids is 1. The summed E-state index contributed by atoms with van der Waals surface area (Å²) in [5.74, 6) is -0.643. The Hall–Kier alpha value is -2.91. The first-order valence-corrected chi connectivity index (χ1v) is 11.9. The van der Waals surface area contributed by atoms with Crippen LogP contribution in [0, 0.1) is 0 Å². The van der Waals surface area contributed by atoms with Crippen LogP contribution in [0.5, 0.6) is 0 Å². The van der Waals surface area contributed by atoms with Crippen LogP contribution in [0.2, 0.25) is 5.02 Å². The van der Waals surface area contributed by atoms with E-state index in [0.717, 1.165) is 10.1 Å². The molecule has 0 bridgehead atoms. The molecule has 31 heavy (non-hydrogen) atoms. The normalized spacial score (nSPS) is 17.6. The van der Waals surface area contributed by atoms with Gasteiger partial charge in [0.05, 0.1) is 29.1 Å². The van der Waals surface area contributed by atoms with Gasteiger partial charge in [-0.1, -0.05) is 41.9 Å². The summed E-state index contributed by atoms with van der Waals surface area (Å²) in [4.78, 5) is 38.3. The minimum Gasteiger partial charge on any atom is -0.351 e. The Kier molecular flexibility index (Phi) is 5.72. The molecule has 10 heteroatoms. The SMILES string of the molecule is O=C(Cn1c(=O)c(=O)n(Cc2ccccc2)c2ccc(Cl)cc21)NC1CCS(=O)(=O)C1. The summed E-state index contributed by atoms with van der Waals surface area (Å²) in [7, 11) is -3.16. The summed E-state index contributed by atoms with van der Waals surface area (Å²) in [6.07, 6.45) is 0.328. The number of benzene rings is 2. The average molecular weight is 462 g/mol. The van der Waals surface area contributed by atoms with E-state index in [1.54, 1.807) is 12.1 Å². The van der Waals surface area contributed by atoms with Crippen molar-refractivity contribution in [3.05, 3.63) is 79.8 Å². The molecule has 1 aliphatic rings. The van der Waals surface area contributed by atoms with Gasteiger partial charge in [0, 0.05) is 11.1 Å². The van der Waals surface area contributed by atoms with Crippen molar-refractivity contribution in [2.75, 3.05) is 11.5 Å². The van der Waals surface area contributed by atoms with Crippen molar-refractivity contribution in [3.8, 4) is 0 Å². The Morgan fingerprint density at radius 2 is 1.74 bits per heavy atom. The van der Waals surface area contributed by atoms with E-state index >= 15 is 0 Å². The summed E-state index contributed by atoms with van der Waals surface area (Å²) in [6, 6.07) is 13.5. The fourth-order valence-corrected chi connectivity index (χ4v) is 5.64. The Morgan fingerprint density at radius 3 is 2.42 bits per heavy atom. The molecule has 2 aromatic carbocycles. The lowest BCUT2D eigenvalue weighted by molar-refractivity contribution is -0.122. The highest BCUT2D eigenvalue weighted by molar-refractivity contribution is 7.91. The van der Waals surface area contributed by atoms with Gasteiger partial charge in [-0.05, 0) is 30.2 Å². The van der Waals surface area contributed by atoms with Gasteiger partial charge < -0.3 is 5.32 Å². The van der Waals surface area contributed by atoms with Crippen molar-refractivity contribution < 1.29 is 13.2 Å². The third-order valence-corrected chi connectivity index (χ3v) is 7.28. The van der Waals surface area contributed by atoms with Gasteiger partial charge in [0.2, 0.25) is 5.91 Å². The highest BCUT2D eigenvalue weighted by atomic mass is 35.5. The number of hydrogen-bond acceptors (Lipinski definition) is 5. The molecule has 3 aromatic rings. The summed E-state index contributed by atoms with van der Waals surface area (Å²) in [5, 5.41) is 3.00. The van der Waals surface area contributed by atoms with Gasteiger partial charge in [0.1, 0.15) is 6.54 Å². The Morgan fingerprint density at radius 1 is 1.03 bits per heavy atom. The van der Waals surface area contributed by atoms with Gasteiger partial charge in [-0.2, -0.15) is 0 Å². The lowest BCUT2D eigenvalue weighted by atomic mass is 10.2. The van der Waals surface area contributed by atoms with E-state index in [2.05, 4.69) is 5.32 Å². The van der Waals surface area contributed by atoms with Crippen LogP contribution in [0.1, 0.15) is 12.0 Å². The first-order valence-electron chi connectivity index (χ1n) is 9.70. The van der Waals surface area contributed by atoms with Crippen LogP contribution in [0.25, 0.3) is 11.0 Å². The molecule has 1 aromatic heterocycles. The first-order chi connectivity index (χ1) is 14.7. The maximum atomic E-state index is 12.9. The quantitative estimate of drug-likeness (QED) is 0.574. The zero-order valence-corrected chi connectivity index (χ0v) is 18.0. The van der Waals surface area contributed by atoms with E-state index in [1.165, 1.54) is 10.6 Å². The van der Waals surface area contributed by atoms with Crippen LogP contribution in [-0.4, -0.2) is 41.0 Å². The number of nitrogens with one attached hydrogen (secondary N) is 1. The number of amides is 1. The van der Waals surface area contributed by atoms with E-state index in [9.17, 15) is 22.8 Å². The maximum absolute atomic E-state index is 12.9. The second-order valence-electron chi connectivity index (χ2n) is 7.57. The topological polar surface area (TPSA) is 107 Å². The van der Waals surface area contributed by atoms with Crippen molar-refractivity contribution in [2.45, 2.75) is 25.6 Å². The second kappa shape index (κ2) is 8.32. The molecule has 0 spiro atoms. The van der Waals surface area contributed by atoms with Gasteiger partial charge in [0.15, 0.2) is 9.84 Å². The molecule has 0 saturated carbocycles. The molecule has 8 nitrogen and oxygen atoms in total. The molecule has 162 valence electrons. The number of rotatable bonds is 5. The van der Waals surface area contributed by atoms with Crippen LogP contribution in [-0.2, 0) is 27.7 Å². The maximum Gasteiger partial charge on any atom is 0.317 e. The molecule has 1 aliphatic heterocycles. The molecule has 1 amide bonds. The minimum absolute atomic E-state index is 0.0198. The summed E-state index contributed by atoms with van der Waals surface area (Å²) in [6.45, 7) is -0.215. The zero-order valence-electron chi connectivity index (χ0n) is 16.5. The fraction of sp³-hybridized carbons (Fsp3) is 0.286. The van der Waals surface area contributed by atoms with Crippen molar-refractivity contribution >= 4 is 38.4 Å². The van der Waals surface area contributed by atoms with E-state index in [1.807, 2.05) is 30.3 Å². The van der Waals surface area contributed by atoms with Crippen LogP contribution in [0.4, 0.5) is 0 Å². The number of fused-ring (bicyclic) bond motifs is 1. The van der Waals surface area contributed by atoms with Gasteiger partial charge in [0.25, 0.3) is 0 Å². The molecule has 1 N–H and O–H groups in total. The number of nitrogens with zero attached hydrogens (tertiary/aromatic N) is 2. The van der Waals surface area contributed by atoms with Gasteiger partial charge in [-0.15, -0.1) is 0 Å². The molecule has 0 radical (unpaired) electrons. The number of sulfone groups is 1. The van der Waals surface area contributed by atoms with Crippen molar-refractivity contribution in [1.29, 1.82) is 0 Å². The fourth-order valence-electron chi connectivity index (χ4n) is 3.80. The van der Waals surface area contributed by atoms with E-state index in [-0.39, 0.29) is 18.1 Å². The molecule has 0 aliphatic carbocycles. The van der Waals surface area contributed by atoms with Crippen LogP contribution in [0.3, 0.4) is 0 Å². The zero-order chi connectivity index (χ0) is 22.2. The van der Waals surface area contributed by atoms with Crippen molar-refractivity contribution in [1.82, 2.24) is 14.5 Å². The van der Waals surface area contributed by atoms with Crippen LogP contribution < -0.4 is 16.4 Å². The van der Waals surface area contributed by atoms with Crippen LogP contribution >= 0.6 is 11.6 Å². The molecular weight excluding hydrogens is 442 g/mol. The van der Waals surface area contributed by atoms with E-state index < -0.39 is 39.4 Å². The Balaban J connectivity index is 1.72. The number of aromatic nitrogens is 2. The van der Waals surface area contributed by atoms with E-state index in [0.29, 0.717) is 22.5 Å². The summed E-state index contributed by atoms with van der Waals surface area (Å²) < 4.78 is 25.7. The molecule has 4 rings (SSSR count). The van der Waals surface area contributed by atoms with Crippen molar-refractivity contribution in [2.24, 2.45) is 0 Å². The van der Waals surface area contributed by atoms with Crippen LogP contribution in [0.15, 0.2) is 58.1 Å². The highest BCUT2D eigenvalue weighted by Gasteiger charge is 2.29. The van der Waals surface area contributed by atoms with Gasteiger partial charge in [-0.3, -0.25) is 23.5 Å². The highest BCUT2D eigenvalue weighted by Crippen LogP contribution is 2.18. The number of carbonyl (C=O) groups is 1. The minimum atomic E-state index is -3.16. The lowest BCUT2D eigenvalue weighted by Gasteiger charge is -2.16. The predicted molar refractivity (Wildman–Crippen MR) is 118 cm³/mol. The lowest BCUT2D eigenvalue weighted by Crippen LogP contribution is -2.45. The molecule has 1 saturated heterocycles. The first kappa shape index (κ1) is 21.3. The molecule has 1 atom stereocenters. The average Bonchev–Trinajstić information content (AvgIpc) is 3.07. The number of hydrogen-bond donors (Lipinski definition) is 1. The monoisotopic (exact) mass is 461 g/mol. The Bertz CT molecular complexity index is 1380. The predicted octanol–water partition coefficient (Wildman–Crippen LogP) is 1.17. The molecule has 2 heterocycles. The van der Waals surface area contributed by atoms with Crippen molar-refractivity contribution in [3.63, 3.8) is 0 Å². The third-order valence-electron chi connectivity index (χ3n) is 5.28. The smallest absolute Gasteiger partial charge is 0.317 e.